The zero-order chi connectivity index (χ0) is 24.0. The zero-order valence-corrected chi connectivity index (χ0v) is 19.8. The maximum Gasteiger partial charge on any atom is 0.253 e. The number of anilines is 2. The lowest BCUT2D eigenvalue weighted by Gasteiger charge is -2.34. The quantitative estimate of drug-likeness (QED) is 0.451. The van der Waals surface area contributed by atoms with Crippen LogP contribution >= 0.6 is 0 Å². The van der Waals surface area contributed by atoms with Gasteiger partial charge in [-0.25, -0.2) is 9.97 Å². The van der Waals surface area contributed by atoms with Crippen LogP contribution in [0.5, 0.6) is 0 Å². The molecular weight excluding hydrogens is 436 g/mol. The van der Waals surface area contributed by atoms with E-state index in [1.807, 2.05) is 47.5 Å². The number of carbonyl (C=O) groups is 1. The fourth-order valence-corrected chi connectivity index (χ4v) is 4.17. The second-order valence-electron chi connectivity index (χ2n) is 8.76. The van der Waals surface area contributed by atoms with E-state index < -0.39 is 0 Å². The molecule has 0 saturated carbocycles. The van der Waals surface area contributed by atoms with E-state index >= 15 is 0 Å². The summed E-state index contributed by atoms with van der Waals surface area (Å²) in [7, 11) is 0. The molecule has 7 heteroatoms. The molecule has 1 N–H and O–H groups in total. The van der Waals surface area contributed by atoms with Gasteiger partial charge in [0.05, 0.1) is 5.69 Å². The van der Waals surface area contributed by atoms with Crippen molar-refractivity contribution < 1.29 is 4.79 Å². The Labute approximate surface area is 205 Å². The van der Waals surface area contributed by atoms with Gasteiger partial charge in [-0.1, -0.05) is 35.9 Å². The van der Waals surface area contributed by atoms with Gasteiger partial charge in [-0.15, -0.1) is 0 Å². The number of aryl methyl sites for hydroxylation is 1. The topological polar surface area (TPSA) is 74.2 Å². The van der Waals surface area contributed by atoms with Crippen LogP contribution in [0, 0.1) is 6.92 Å². The number of rotatable bonds is 6. The number of hydrogen-bond donors (Lipinski definition) is 1. The van der Waals surface area contributed by atoms with E-state index in [1.54, 1.807) is 12.4 Å². The van der Waals surface area contributed by atoms with E-state index in [4.69, 9.17) is 0 Å². The predicted octanol–water partition coefficient (Wildman–Crippen LogP) is 4.55. The summed E-state index contributed by atoms with van der Waals surface area (Å²) in [6.07, 6.45) is 5.43. The summed E-state index contributed by atoms with van der Waals surface area (Å²) in [5, 5.41) is 3.24. The average molecular weight is 465 g/mol. The normalized spacial score (nSPS) is 14.0. The van der Waals surface area contributed by atoms with Gasteiger partial charge in [0.15, 0.2) is 0 Å². The van der Waals surface area contributed by atoms with Crippen LogP contribution in [0.1, 0.15) is 21.5 Å². The summed E-state index contributed by atoms with van der Waals surface area (Å²) in [5.41, 5.74) is 5.83. The third-order valence-corrected chi connectivity index (χ3v) is 6.18. The number of carbonyl (C=O) groups excluding carboxylic acids is 1. The molecule has 0 bridgehead atoms. The molecule has 0 spiro atoms. The van der Waals surface area contributed by atoms with Crippen molar-refractivity contribution in [3.8, 4) is 11.3 Å². The van der Waals surface area contributed by atoms with Crippen molar-refractivity contribution in [1.29, 1.82) is 0 Å². The third-order valence-electron chi connectivity index (χ3n) is 6.18. The van der Waals surface area contributed by atoms with Gasteiger partial charge in [-0.3, -0.25) is 14.7 Å². The van der Waals surface area contributed by atoms with Crippen LogP contribution in [0.25, 0.3) is 11.3 Å². The Morgan fingerprint density at radius 2 is 1.69 bits per heavy atom. The lowest BCUT2D eigenvalue weighted by atomic mass is 10.1. The summed E-state index contributed by atoms with van der Waals surface area (Å²) in [6.45, 7) is 6.08. The molecule has 1 aliphatic heterocycles. The van der Waals surface area contributed by atoms with Crippen LogP contribution in [0.2, 0.25) is 0 Å². The predicted molar refractivity (Wildman–Crippen MR) is 137 cm³/mol. The van der Waals surface area contributed by atoms with Gasteiger partial charge in [0.1, 0.15) is 0 Å². The number of nitrogens with one attached hydrogen (secondary N) is 1. The number of benzene rings is 2. The Bertz CT molecular complexity index is 1270. The Balaban J connectivity index is 1.18. The van der Waals surface area contributed by atoms with Crippen LogP contribution in [0.3, 0.4) is 0 Å². The minimum absolute atomic E-state index is 0.0650. The highest BCUT2D eigenvalue weighted by Crippen LogP contribution is 2.21. The van der Waals surface area contributed by atoms with Gasteiger partial charge in [0, 0.05) is 68.1 Å². The van der Waals surface area contributed by atoms with E-state index in [9.17, 15) is 4.79 Å². The molecule has 5 rings (SSSR count). The van der Waals surface area contributed by atoms with Crippen LogP contribution in [-0.2, 0) is 6.54 Å². The highest BCUT2D eigenvalue weighted by molar-refractivity contribution is 5.94. The number of nitrogens with zero attached hydrogens (tertiary/aromatic N) is 5. The molecule has 35 heavy (non-hydrogen) atoms. The number of piperazine rings is 1. The van der Waals surface area contributed by atoms with Crippen molar-refractivity contribution >= 4 is 17.5 Å². The van der Waals surface area contributed by atoms with Gasteiger partial charge in [0.25, 0.3) is 5.91 Å². The average Bonchev–Trinajstić information content (AvgIpc) is 2.90. The first-order chi connectivity index (χ1) is 17.1. The van der Waals surface area contributed by atoms with E-state index in [-0.39, 0.29) is 5.91 Å². The third kappa shape index (κ3) is 5.70. The number of aromatic nitrogens is 3. The molecular formula is C28H28N6O. The smallest absolute Gasteiger partial charge is 0.253 e. The van der Waals surface area contributed by atoms with Crippen molar-refractivity contribution in [2.45, 2.75) is 13.5 Å². The molecule has 2 aromatic carbocycles. The first-order valence-corrected chi connectivity index (χ1v) is 11.8. The molecule has 7 nitrogen and oxygen atoms in total. The van der Waals surface area contributed by atoms with Crippen molar-refractivity contribution in [3.63, 3.8) is 0 Å². The van der Waals surface area contributed by atoms with Gasteiger partial charge in [-0.2, -0.15) is 0 Å². The number of hydrogen-bond acceptors (Lipinski definition) is 6. The SMILES string of the molecule is Cc1ccc(-c2ccnc(Nc3ccc(C(=O)N4CCN(Cc5cccnc5)CC4)cc3)n2)cc1. The lowest BCUT2D eigenvalue weighted by molar-refractivity contribution is 0.0628. The van der Waals surface area contributed by atoms with Crippen LogP contribution < -0.4 is 5.32 Å². The van der Waals surface area contributed by atoms with Gasteiger partial charge in [0.2, 0.25) is 5.95 Å². The van der Waals surface area contributed by atoms with E-state index in [1.165, 1.54) is 11.1 Å². The zero-order valence-electron chi connectivity index (χ0n) is 19.8. The Morgan fingerprint density at radius 1 is 0.914 bits per heavy atom. The summed E-state index contributed by atoms with van der Waals surface area (Å²) >= 11 is 0. The van der Waals surface area contributed by atoms with Gasteiger partial charge >= 0.3 is 0 Å². The lowest BCUT2D eigenvalue weighted by Crippen LogP contribution is -2.48. The minimum atomic E-state index is 0.0650. The second kappa shape index (κ2) is 10.4. The minimum Gasteiger partial charge on any atom is -0.336 e. The summed E-state index contributed by atoms with van der Waals surface area (Å²) in [5.74, 6) is 0.585. The Hall–Kier alpha value is -4.10. The Kier molecular flexibility index (Phi) is 6.77. The van der Waals surface area contributed by atoms with E-state index in [2.05, 4.69) is 62.4 Å². The van der Waals surface area contributed by atoms with Crippen molar-refractivity contribution in [2.24, 2.45) is 0 Å². The first-order valence-electron chi connectivity index (χ1n) is 11.8. The summed E-state index contributed by atoms with van der Waals surface area (Å²) < 4.78 is 0. The molecule has 176 valence electrons. The molecule has 1 amide bonds. The van der Waals surface area contributed by atoms with E-state index in [0.717, 1.165) is 49.7 Å². The first kappa shape index (κ1) is 22.7. The Morgan fingerprint density at radius 3 is 2.40 bits per heavy atom. The fourth-order valence-electron chi connectivity index (χ4n) is 4.17. The molecule has 1 fully saturated rings. The van der Waals surface area contributed by atoms with Crippen LogP contribution in [-0.4, -0.2) is 56.8 Å². The van der Waals surface area contributed by atoms with Gasteiger partial charge in [-0.05, 0) is 48.9 Å². The molecule has 0 atom stereocenters. The monoisotopic (exact) mass is 464 g/mol. The van der Waals surface area contributed by atoms with Crippen molar-refractivity contribution in [3.05, 3.63) is 102 Å². The second-order valence-corrected chi connectivity index (χ2v) is 8.76. The standard InChI is InChI=1S/C28H28N6O/c1-21-4-6-23(7-5-21)26-12-14-30-28(32-26)31-25-10-8-24(9-11-25)27(35)34-17-15-33(16-18-34)20-22-3-2-13-29-19-22/h2-14,19H,15-18,20H2,1H3,(H,30,31,32). The molecule has 1 saturated heterocycles. The molecule has 4 aromatic rings. The van der Waals surface area contributed by atoms with Gasteiger partial charge < -0.3 is 10.2 Å². The largest absolute Gasteiger partial charge is 0.336 e. The molecule has 0 aliphatic carbocycles. The number of amides is 1. The van der Waals surface area contributed by atoms with Crippen LogP contribution in [0.15, 0.2) is 85.3 Å². The highest BCUT2D eigenvalue weighted by atomic mass is 16.2. The molecule has 0 radical (unpaired) electrons. The summed E-state index contributed by atoms with van der Waals surface area (Å²) in [4.78, 5) is 30.5. The maximum atomic E-state index is 13.0. The molecule has 2 aromatic heterocycles. The van der Waals surface area contributed by atoms with Crippen LogP contribution in [0.4, 0.5) is 11.6 Å². The van der Waals surface area contributed by atoms with E-state index in [0.29, 0.717) is 11.5 Å². The van der Waals surface area contributed by atoms with Crippen molar-refractivity contribution in [1.82, 2.24) is 24.8 Å². The molecule has 3 heterocycles. The maximum absolute atomic E-state index is 13.0. The fraction of sp³-hybridized carbons (Fsp3) is 0.214. The molecule has 1 aliphatic rings. The summed E-state index contributed by atoms with van der Waals surface area (Å²) in [6, 6.07) is 21.7. The number of pyridine rings is 1. The highest BCUT2D eigenvalue weighted by Gasteiger charge is 2.22. The van der Waals surface area contributed by atoms with Crippen molar-refractivity contribution in [2.75, 3.05) is 31.5 Å². The molecule has 0 unspecified atom stereocenters.